The molecule has 0 heterocycles. The SMILES string of the molecule is C.C=CCC.C=CCC(=O)OC.CC/C=C\CC(=O)OC.CCC=CCC.CCC=CCC(=O)OC.O=C=O. The summed E-state index contributed by atoms with van der Waals surface area (Å²) in [5, 5.41) is 0. The molecule has 0 aromatic rings. The number of ether oxygens (including phenoxy) is 3. The van der Waals surface area contributed by atoms with E-state index in [2.05, 4.69) is 60.3 Å². The smallest absolute Gasteiger partial charge is 0.373 e. The molecule has 8 heteroatoms. The summed E-state index contributed by atoms with van der Waals surface area (Å²) in [5.74, 6) is -0.602. The van der Waals surface area contributed by atoms with Crippen molar-refractivity contribution in [3.8, 4) is 0 Å². The molecule has 0 radical (unpaired) electrons. The average Bonchev–Trinajstić information content (AvgIpc) is 2.93. The van der Waals surface area contributed by atoms with E-state index < -0.39 is 0 Å². The minimum atomic E-state index is -0.241. The highest BCUT2D eigenvalue weighted by Gasteiger charge is 1.92. The van der Waals surface area contributed by atoms with E-state index in [1.165, 1.54) is 40.2 Å². The minimum Gasteiger partial charge on any atom is -0.469 e. The summed E-state index contributed by atoms with van der Waals surface area (Å²) in [5.41, 5.74) is 0. The Hall–Kier alpha value is -3.51. The molecule has 0 aliphatic carbocycles. The fourth-order valence-corrected chi connectivity index (χ4v) is 1.39. The lowest BCUT2D eigenvalue weighted by atomic mass is 10.3. The molecular formula is C31H56O8. The lowest BCUT2D eigenvalue weighted by Crippen LogP contribution is -1.96. The van der Waals surface area contributed by atoms with Crippen LogP contribution in [0.5, 0.6) is 0 Å². The van der Waals surface area contributed by atoms with Gasteiger partial charge in [-0.15, -0.1) is 13.2 Å². The van der Waals surface area contributed by atoms with Gasteiger partial charge >= 0.3 is 24.1 Å². The summed E-state index contributed by atoms with van der Waals surface area (Å²) in [6, 6.07) is 0. The van der Waals surface area contributed by atoms with Gasteiger partial charge in [0.05, 0.1) is 40.6 Å². The second kappa shape index (κ2) is 59.5. The van der Waals surface area contributed by atoms with E-state index in [0.29, 0.717) is 19.3 Å². The van der Waals surface area contributed by atoms with Crippen LogP contribution < -0.4 is 0 Å². The highest BCUT2D eigenvalue weighted by atomic mass is 16.5. The van der Waals surface area contributed by atoms with Crippen LogP contribution in [0.4, 0.5) is 0 Å². The minimum absolute atomic E-state index is 0. The van der Waals surface area contributed by atoms with E-state index in [1.807, 2.05) is 44.2 Å². The summed E-state index contributed by atoms with van der Waals surface area (Å²) in [7, 11) is 4.13. The first kappa shape index (κ1) is 52.0. The van der Waals surface area contributed by atoms with Gasteiger partial charge in [0.25, 0.3) is 0 Å². The molecule has 39 heavy (non-hydrogen) atoms. The molecule has 0 N–H and O–H groups in total. The summed E-state index contributed by atoms with van der Waals surface area (Å²) in [4.78, 5) is 47.2. The van der Waals surface area contributed by atoms with Gasteiger partial charge in [-0.25, -0.2) is 0 Å². The van der Waals surface area contributed by atoms with Gasteiger partial charge in [-0.3, -0.25) is 14.4 Å². The third kappa shape index (κ3) is 95.8. The Balaban J connectivity index is -0.0000000649. The van der Waals surface area contributed by atoms with E-state index >= 15 is 0 Å². The lowest BCUT2D eigenvalue weighted by Gasteiger charge is -1.90. The van der Waals surface area contributed by atoms with Crippen LogP contribution in [0.25, 0.3) is 0 Å². The van der Waals surface area contributed by atoms with Crippen molar-refractivity contribution in [3.63, 3.8) is 0 Å². The first-order chi connectivity index (χ1) is 18.2. The summed E-state index contributed by atoms with van der Waals surface area (Å²) in [6.07, 6.45) is 22.0. The van der Waals surface area contributed by atoms with Crippen molar-refractivity contribution in [2.45, 2.75) is 93.4 Å². The standard InChI is InChI=1S/2C7H12O2.C6H12.C5H8O2.C4H8.CO2.CH4/c2*1-3-4-5-6-7(8)9-2;1-3-5-6-4-2;1-3-4-5(6)7-2;1-3-4-2;2-1-3;/h2*4-5H,3,6H2,1-2H3;5-6H,3-4H2,1-2H3;3H,1,4H2,2H3;3H,1,4H2,2H3;;1H4/b5-4-;;;;;;. The number of rotatable bonds is 11. The molecule has 0 saturated carbocycles. The first-order valence-corrected chi connectivity index (χ1v) is 12.5. The van der Waals surface area contributed by atoms with Crippen LogP contribution in [0.3, 0.4) is 0 Å². The Morgan fingerprint density at radius 3 is 0.923 bits per heavy atom. The van der Waals surface area contributed by atoms with Crippen molar-refractivity contribution in [3.05, 3.63) is 61.8 Å². The van der Waals surface area contributed by atoms with Crippen LogP contribution in [0, 0.1) is 0 Å². The Bertz CT molecular complexity index is 607. The van der Waals surface area contributed by atoms with Crippen LogP contribution in [0.15, 0.2) is 61.8 Å². The molecule has 228 valence electrons. The number of allylic oxidation sites excluding steroid dienone is 5. The van der Waals surface area contributed by atoms with E-state index in [0.717, 1.165) is 19.3 Å². The lowest BCUT2D eigenvalue weighted by molar-refractivity contribution is -0.191. The summed E-state index contributed by atoms with van der Waals surface area (Å²) >= 11 is 0. The molecule has 0 aromatic heterocycles. The summed E-state index contributed by atoms with van der Waals surface area (Å²) < 4.78 is 13.1. The Labute approximate surface area is 238 Å². The highest BCUT2D eigenvalue weighted by Crippen LogP contribution is 1.88. The zero-order chi connectivity index (χ0) is 30.9. The molecule has 0 spiro atoms. The number of carbonyl (C=O) groups is 3. The van der Waals surface area contributed by atoms with Gasteiger partial charge in [-0.2, -0.15) is 9.59 Å². The number of esters is 3. The Morgan fingerprint density at radius 2 is 0.769 bits per heavy atom. The van der Waals surface area contributed by atoms with Crippen molar-refractivity contribution in [1.29, 1.82) is 0 Å². The van der Waals surface area contributed by atoms with Crippen molar-refractivity contribution >= 4 is 24.1 Å². The quantitative estimate of drug-likeness (QED) is 0.144. The van der Waals surface area contributed by atoms with Crippen molar-refractivity contribution < 1.29 is 38.2 Å². The average molecular weight is 557 g/mol. The largest absolute Gasteiger partial charge is 0.469 e. The van der Waals surface area contributed by atoms with Crippen LogP contribution >= 0.6 is 0 Å². The van der Waals surface area contributed by atoms with E-state index in [4.69, 9.17) is 9.59 Å². The molecule has 0 rings (SSSR count). The van der Waals surface area contributed by atoms with Crippen molar-refractivity contribution in [2.24, 2.45) is 0 Å². The normalized spacial score (nSPS) is 8.41. The molecule has 0 saturated heterocycles. The second-order valence-corrected chi connectivity index (χ2v) is 6.46. The van der Waals surface area contributed by atoms with Gasteiger partial charge in [0.1, 0.15) is 0 Å². The monoisotopic (exact) mass is 556 g/mol. The number of hydrogen-bond donors (Lipinski definition) is 0. The van der Waals surface area contributed by atoms with Crippen LogP contribution in [0.2, 0.25) is 0 Å². The topological polar surface area (TPSA) is 113 Å². The Morgan fingerprint density at radius 1 is 0.538 bits per heavy atom. The maximum Gasteiger partial charge on any atom is 0.373 e. The third-order valence-corrected chi connectivity index (χ3v) is 3.29. The van der Waals surface area contributed by atoms with E-state index in [1.54, 1.807) is 0 Å². The predicted molar refractivity (Wildman–Crippen MR) is 161 cm³/mol. The molecule has 0 unspecified atom stereocenters. The molecule has 0 aliphatic heterocycles. The number of hydrogen-bond acceptors (Lipinski definition) is 8. The maximum absolute atomic E-state index is 10.4. The predicted octanol–water partition coefficient (Wildman–Crippen LogP) is 7.76. The van der Waals surface area contributed by atoms with Crippen LogP contribution in [0.1, 0.15) is 93.4 Å². The van der Waals surface area contributed by atoms with Gasteiger partial charge in [0.2, 0.25) is 0 Å². The fourth-order valence-electron chi connectivity index (χ4n) is 1.39. The zero-order valence-corrected chi connectivity index (χ0v) is 25.0. The molecule has 0 aliphatic rings. The van der Waals surface area contributed by atoms with Crippen LogP contribution in [-0.4, -0.2) is 45.4 Å². The molecule has 8 nitrogen and oxygen atoms in total. The van der Waals surface area contributed by atoms with Crippen LogP contribution in [-0.2, 0) is 38.2 Å². The molecule has 0 atom stereocenters. The molecule has 0 amide bonds. The van der Waals surface area contributed by atoms with Gasteiger partial charge in [-0.1, -0.05) is 90.7 Å². The third-order valence-electron chi connectivity index (χ3n) is 3.29. The van der Waals surface area contributed by atoms with Gasteiger partial charge in [0.15, 0.2) is 0 Å². The summed E-state index contributed by atoms with van der Waals surface area (Å²) in [6.45, 7) is 17.2. The molecule has 0 bridgehead atoms. The second-order valence-electron chi connectivity index (χ2n) is 6.46. The van der Waals surface area contributed by atoms with Crippen molar-refractivity contribution in [1.82, 2.24) is 0 Å². The highest BCUT2D eigenvalue weighted by molar-refractivity contribution is 5.71. The molecular weight excluding hydrogens is 500 g/mol. The first-order valence-electron chi connectivity index (χ1n) is 12.5. The Kier molecular flexibility index (Phi) is 79.4. The van der Waals surface area contributed by atoms with E-state index in [9.17, 15) is 14.4 Å². The van der Waals surface area contributed by atoms with Gasteiger partial charge in [-0.05, 0) is 32.1 Å². The van der Waals surface area contributed by atoms with E-state index in [-0.39, 0.29) is 31.5 Å². The van der Waals surface area contributed by atoms with Gasteiger partial charge in [0, 0.05) is 0 Å². The van der Waals surface area contributed by atoms with Crippen molar-refractivity contribution in [2.75, 3.05) is 21.3 Å². The zero-order valence-electron chi connectivity index (χ0n) is 25.0. The number of methoxy groups -OCH3 is 3. The maximum atomic E-state index is 10.4. The molecule has 0 fully saturated rings. The fraction of sp³-hybridized carbons (Fsp3) is 0.548. The number of carbonyl (C=O) groups excluding carboxylic acids is 5. The molecule has 0 aromatic carbocycles. The van der Waals surface area contributed by atoms with Gasteiger partial charge < -0.3 is 14.2 Å².